The number of aromatic nitrogens is 1. The zero-order valence-corrected chi connectivity index (χ0v) is 15.1. The van der Waals surface area contributed by atoms with Crippen LogP contribution in [0.25, 0.3) is 0 Å². The minimum absolute atomic E-state index is 0.0155. The van der Waals surface area contributed by atoms with E-state index in [0.717, 1.165) is 42.2 Å². The molecule has 2 N–H and O–H groups in total. The van der Waals surface area contributed by atoms with Crippen molar-refractivity contribution in [3.8, 4) is 5.75 Å². The fourth-order valence-corrected chi connectivity index (χ4v) is 3.85. The molecule has 2 aliphatic rings. The number of rotatable bonds is 4. The Morgan fingerprint density at radius 2 is 2.12 bits per heavy atom. The second kappa shape index (κ2) is 7.09. The van der Waals surface area contributed by atoms with Crippen molar-refractivity contribution in [1.29, 1.82) is 0 Å². The van der Waals surface area contributed by atoms with E-state index >= 15 is 0 Å². The molecular formula is C19H24N4O3. The summed E-state index contributed by atoms with van der Waals surface area (Å²) in [6.45, 7) is 2.64. The lowest BCUT2D eigenvalue weighted by atomic mass is 10.0. The van der Waals surface area contributed by atoms with E-state index in [1.807, 2.05) is 42.2 Å². The lowest BCUT2D eigenvalue weighted by Gasteiger charge is -2.25. The Hall–Kier alpha value is -2.38. The normalized spacial score (nSPS) is 25.6. The quantitative estimate of drug-likeness (QED) is 0.875. The molecule has 4 rings (SSSR count). The van der Waals surface area contributed by atoms with Gasteiger partial charge in [0.25, 0.3) is 0 Å². The molecular weight excluding hydrogens is 332 g/mol. The SMILES string of the molecule is COc1ccc(C2CC(C(=O)N3CCCC3c3cc(C)on3)NN2)cc1. The van der Waals surface area contributed by atoms with E-state index in [1.165, 1.54) is 0 Å². The summed E-state index contributed by atoms with van der Waals surface area (Å²) in [5, 5.41) is 4.12. The van der Waals surface area contributed by atoms with Crippen LogP contribution in [0.15, 0.2) is 34.9 Å². The zero-order valence-electron chi connectivity index (χ0n) is 15.1. The number of likely N-dealkylation sites (tertiary alicyclic amines) is 1. The van der Waals surface area contributed by atoms with Gasteiger partial charge in [-0.05, 0) is 43.9 Å². The second-order valence-corrected chi connectivity index (χ2v) is 6.95. The number of aryl methyl sites for hydroxylation is 1. The molecule has 3 atom stereocenters. The Labute approximate surface area is 152 Å². The largest absolute Gasteiger partial charge is 0.497 e. The van der Waals surface area contributed by atoms with Gasteiger partial charge < -0.3 is 14.2 Å². The predicted molar refractivity (Wildman–Crippen MR) is 95.3 cm³/mol. The van der Waals surface area contributed by atoms with Crippen LogP contribution in [-0.2, 0) is 4.79 Å². The molecule has 1 aromatic heterocycles. The standard InChI is InChI=1S/C19H24N4O3/c1-12-10-16(22-26-12)18-4-3-9-23(18)19(24)17-11-15(20-21-17)13-5-7-14(25-2)8-6-13/h5-8,10,15,17-18,20-21H,3-4,9,11H2,1-2H3. The number of benzene rings is 1. The van der Waals surface area contributed by atoms with Crippen LogP contribution in [0.5, 0.6) is 5.75 Å². The molecule has 2 aliphatic heterocycles. The summed E-state index contributed by atoms with van der Waals surface area (Å²) >= 11 is 0. The van der Waals surface area contributed by atoms with Crippen molar-refractivity contribution in [2.24, 2.45) is 0 Å². The number of hydrogen-bond acceptors (Lipinski definition) is 6. The van der Waals surface area contributed by atoms with Crippen LogP contribution >= 0.6 is 0 Å². The van der Waals surface area contributed by atoms with Crippen LogP contribution < -0.4 is 15.6 Å². The Bertz CT molecular complexity index is 773. The summed E-state index contributed by atoms with van der Waals surface area (Å²) in [5.74, 6) is 1.73. The third kappa shape index (κ3) is 3.20. The molecule has 0 radical (unpaired) electrons. The van der Waals surface area contributed by atoms with Gasteiger partial charge in [-0.15, -0.1) is 0 Å². The number of hydrogen-bond donors (Lipinski definition) is 2. The van der Waals surface area contributed by atoms with Crippen molar-refractivity contribution >= 4 is 5.91 Å². The number of amides is 1. The van der Waals surface area contributed by atoms with Crippen molar-refractivity contribution in [1.82, 2.24) is 20.9 Å². The number of nitrogens with zero attached hydrogens (tertiary/aromatic N) is 2. The molecule has 0 spiro atoms. The van der Waals surface area contributed by atoms with Crippen LogP contribution in [0, 0.1) is 6.92 Å². The molecule has 1 aromatic carbocycles. The van der Waals surface area contributed by atoms with E-state index < -0.39 is 0 Å². The van der Waals surface area contributed by atoms with Crippen molar-refractivity contribution in [3.05, 3.63) is 47.3 Å². The summed E-state index contributed by atoms with van der Waals surface area (Å²) in [6, 6.07) is 9.74. The fraction of sp³-hybridized carbons (Fsp3) is 0.474. The Kier molecular flexibility index (Phi) is 4.65. The number of nitrogens with one attached hydrogen (secondary N) is 2. The highest BCUT2D eigenvalue weighted by Gasteiger charge is 2.38. The first-order chi connectivity index (χ1) is 12.7. The van der Waals surface area contributed by atoms with Crippen LogP contribution in [0.4, 0.5) is 0 Å². The minimum Gasteiger partial charge on any atom is -0.497 e. The molecule has 3 heterocycles. The Morgan fingerprint density at radius 3 is 2.81 bits per heavy atom. The molecule has 0 bridgehead atoms. The number of hydrazine groups is 1. The first-order valence-corrected chi connectivity index (χ1v) is 9.04. The topological polar surface area (TPSA) is 79.6 Å². The lowest BCUT2D eigenvalue weighted by molar-refractivity contribution is -0.134. The summed E-state index contributed by atoms with van der Waals surface area (Å²) in [5.41, 5.74) is 8.41. The predicted octanol–water partition coefficient (Wildman–Crippen LogP) is 2.26. The minimum atomic E-state index is -0.240. The first kappa shape index (κ1) is 17.1. The van der Waals surface area contributed by atoms with E-state index in [-0.39, 0.29) is 24.0 Å². The first-order valence-electron chi connectivity index (χ1n) is 9.04. The highest BCUT2D eigenvalue weighted by molar-refractivity contribution is 5.83. The van der Waals surface area contributed by atoms with E-state index in [2.05, 4.69) is 16.0 Å². The van der Waals surface area contributed by atoms with Gasteiger partial charge in [0.1, 0.15) is 23.2 Å². The number of methoxy groups -OCH3 is 1. The molecule has 2 saturated heterocycles. The highest BCUT2D eigenvalue weighted by Crippen LogP contribution is 2.33. The smallest absolute Gasteiger partial charge is 0.241 e. The van der Waals surface area contributed by atoms with Crippen LogP contribution in [0.2, 0.25) is 0 Å². The maximum absolute atomic E-state index is 13.1. The van der Waals surface area contributed by atoms with Gasteiger partial charge in [0, 0.05) is 18.7 Å². The second-order valence-electron chi connectivity index (χ2n) is 6.95. The van der Waals surface area contributed by atoms with Gasteiger partial charge in [-0.3, -0.25) is 4.79 Å². The van der Waals surface area contributed by atoms with Gasteiger partial charge in [-0.2, -0.15) is 0 Å². The Morgan fingerprint density at radius 1 is 1.31 bits per heavy atom. The average molecular weight is 356 g/mol. The van der Waals surface area contributed by atoms with Crippen LogP contribution in [0.1, 0.15) is 48.4 Å². The summed E-state index contributed by atoms with van der Waals surface area (Å²) in [6.07, 6.45) is 2.64. The Balaban J connectivity index is 1.43. The lowest BCUT2D eigenvalue weighted by Crippen LogP contribution is -2.45. The van der Waals surface area contributed by atoms with E-state index in [1.54, 1.807) is 7.11 Å². The highest BCUT2D eigenvalue weighted by atomic mass is 16.5. The van der Waals surface area contributed by atoms with Crippen LogP contribution in [-0.4, -0.2) is 35.7 Å². The van der Waals surface area contributed by atoms with Gasteiger partial charge in [-0.1, -0.05) is 17.3 Å². The van der Waals surface area contributed by atoms with Gasteiger partial charge in [0.05, 0.1) is 13.2 Å². The summed E-state index contributed by atoms with van der Waals surface area (Å²) < 4.78 is 10.4. The fourth-order valence-electron chi connectivity index (χ4n) is 3.85. The molecule has 3 unspecified atom stereocenters. The molecule has 2 fully saturated rings. The van der Waals surface area contributed by atoms with Gasteiger partial charge in [0.15, 0.2) is 0 Å². The maximum Gasteiger partial charge on any atom is 0.241 e. The van der Waals surface area contributed by atoms with E-state index in [9.17, 15) is 4.79 Å². The molecule has 1 amide bonds. The third-order valence-electron chi connectivity index (χ3n) is 5.24. The van der Waals surface area contributed by atoms with E-state index in [4.69, 9.17) is 9.26 Å². The average Bonchev–Trinajstić information content (AvgIpc) is 3.41. The molecule has 26 heavy (non-hydrogen) atoms. The third-order valence-corrected chi connectivity index (χ3v) is 5.24. The molecule has 138 valence electrons. The molecule has 0 saturated carbocycles. The monoisotopic (exact) mass is 356 g/mol. The molecule has 0 aliphatic carbocycles. The summed E-state index contributed by atoms with van der Waals surface area (Å²) in [4.78, 5) is 15.0. The molecule has 2 aromatic rings. The van der Waals surface area contributed by atoms with Crippen LogP contribution in [0.3, 0.4) is 0 Å². The maximum atomic E-state index is 13.1. The molecule has 7 nitrogen and oxygen atoms in total. The van der Waals surface area contributed by atoms with Crippen molar-refractivity contribution < 1.29 is 14.1 Å². The number of carbonyl (C=O) groups excluding carboxylic acids is 1. The van der Waals surface area contributed by atoms with E-state index in [0.29, 0.717) is 6.42 Å². The number of ether oxygens (including phenoxy) is 1. The molecule has 7 heteroatoms. The van der Waals surface area contributed by atoms with Gasteiger partial charge in [0.2, 0.25) is 5.91 Å². The number of carbonyl (C=O) groups is 1. The summed E-state index contributed by atoms with van der Waals surface area (Å²) in [7, 11) is 1.65. The van der Waals surface area contributed by atoms with Gasteiger partial charge >= 0.3 is 0 Å². The zero-order chi connectivity index (χ0) is 18.1. The van der Waals surface area contributed by atoms with Crippen molar-refractivity contribution in [2.45, 2.75) is 44.3 Å². The van der Waals surface area contributed by atoms with Crippen molar-refractivity contribution in [2.75, 3.05) is 13.7 Å². The van der Waals surface area contributed by atoms with Gasteiger partial charge in [-0.25, -0.2) is 10.9 Å². The van der Waals surface area contributed by atoms with Crippen molar-refractivity contribution in [3.63, 3.8) is 0 Å².